The van der Waals surface area contributed by atoms with E-state index in [2.05, 4.69) is 15.3 Å². The number of piperidine rings is 1. The lowest BCUT2D eigenvalue weighted by Gasteiger charge is -2.32. The number of hydrogen-bond acceptors (Lipinski definition) is 6. The van der Waals surface area contributed by atoms with Crippen LogP contribution in [-0.2, 0) is 4.74 Å². The molecule has 0 saturated carbocycles. The van der Waals surface area contributed by atoms with Crippen LogP contribution >= 0.6 is 0 Å². The molecule has 1 aliphatic heterocycles. The zero-order valence-corrected chi connectivity index (χ0v) is 17.7. The Balaban J connectivity index is 1.28. The van der Waals surface area contributed by atoms with Gasteiger partial charge >= 0.3 is 6.16 Å². The quantitative estimate of drug-likeness (QED) is 0.469. The second-order valence-corrected chi connectivity index (χ2v) is 7.48. The van der Waals surface area contributed by atoms with E-state index in [9.17, 15) is 14.4 Å². The van der Waals surface area contributed by atoms with Gasteiger partial charge in [0.1, 0.15) is 5.75 Å². The predicted octanol–water partition coefficient (Wildman–Crippen LogP) is 3.13. The fourth-order valence-electron chi connectivity index (χ4n) is 3.66. The Morgan fingerprint density at radius 2 is 1.81 bits per heavy atom. The van der Waals surface area contributed by atoms with Crippen molar-refractivity contribution >= 4 is 29.0 Å². The molecule has 1 aliphatic rings. The summed E-state index contributed by atoms with van der Waals surface area (Å²) in [5.41, 5.74) is 2.72. The van der Waals surface area contributed by atoms with Gasteiger partial charge in [-0.05, 0) is 62.2 Å². The lowest BCUT2D eigenvalue weighted by Crippen LogP contribution is -2.46. The van der Waals surface area contributed by atoms with E-state index in [-0.39, 0.29) is 24.5 Å². The topological polar surface area (TPSA) is 114 Å². The van der Waals surface area contributed by atoms with Crippen molar-refractivity contribution < 1.29 is 23.9 Å². The maximum absolute atomic E-state index is 12.8. The van der Waals surface area contributed by atoms with E-state index in [1.54, 1.807) is 54.5 Å². The number of hydrogen-bond donors (Lipinski definition) is 2. The molecule has 166 valence electrons. The average molecular weight is 436 g/mol. The second kappa shape index (κ2) is 9.51. The molecule has 0 spiro atoms. The summed E-state index contributed by atoms with van der Waals surface area (Å²) in [6, 6.07) is 11.7. The van der Waals surface area contributed by atoms with Gasteiger partial charge in [-0.3, -0.25) is 9.59 Å². The maximum Gasteiger partial charge on any atom is 0.513 e. The number of carbonyl (C=O) groups is 3. The summed E-state index contributed by atoms with van der Waals surface area (Å²) < 4.78 is 9.74. The summed E-state index contributed by atoms with van der Waals surface area (Å²) in [6.45, 7) is 3.01. The van der Waals surface area contributed by atoms with Crippen LogP contribution in [0.5, 0.6) is 5.75 Å². The fraction of sp³-hybridized carbons (Fsp3) is 0.304. The van der Waals surface area contributed by atoms with E-state index in [1.807, 2.05) is 6.07 Å². The molecule has 2 aromatic carbocycles. The number of ether oxygens (including phenoxy) is 2. The van der Waals surface area contributed by atoms with Crippen LogP contribution in [0.15, 0.2) is 48.8 Å². The first-order valence-electron chi connectivity index (χ1n) is 10.5. The minimum absolute atomic E-state index is 0.00404. The zero-order chi connectivity index (χ0) is 22.5. The molecule has 0 bridgehead atoms. The number of likely N-dealkylation sites (tertiary alicyclic amines) is 1. The van der Waals surface area contributed by atoms with Crippen molar-refractivity contribution in [3.05, 3.63) is 59.9 Å². The summed E-state index contributed by atoms with van der Waals surface area (Å²) >= 11 is 0. The highest BCUT2D eigenvalue weighted by atomic mass is 16.7. The summed E-state index contributed by atoms with van der Waals surface area (Å²) in [6.07, 6.45) is 2.17. The SMILES string of the molecule is CCOC(=O)Oc1ccc(C(=O)N2CCC(NC(=O)c3ccc4nc[nH]c4c3)CC2)cc1. The maximum atomic E-state index is 12.8. The molecule has 1 saturated heterocycles. The van der Waals surface area contributed by atoms with Gasteiger partial charge in [-0.2, -0.15) is 0 Å². The Kier molecular flexibility index (Phi) is 6.34. The molecule has 0 atom stereocenters. The van der Waals surface area contributed by atoms with E-state index >= 15 is 0 Å². The number of H-pyrrole nitrogens is 1. The third kappa shape index (κ3) is 4.88. The zero-order valence-electron chi connectivity index (χ0n) is 17.7. The van der Waals surface area contributed by atoms with Gasteiger partial charge < -0.3 is 24.7 Å². The van der Waals surface area contributed by atoms with Crippen LogP contribution in [0.2, 0.25) is 0 Å². The van der Waals surface area contributed by atoms with Crippen molar-refractivity contribution in [2.75, 3.05) is 19.7 Å². The molecule has 2 N–H and O–H groups in total. The van der Waals surface area contributed by atoms with Gasteiger partial charge in [0.15, 0.2) is 0 Å². The van der Waals surface area contributed by atoms with Crippen LogP contribution in [0.4, 0.5) is 4.79 Å². The molecule has 9 nitrogen and oxygen atoms in total. The van der Waals surface area contributed by atoms with Crippen LogP contribution < -0.4 is 10.1 Å². The van der Waals surface area contributed by atoms with Crippen molar-refractivity contribution in [2.24, 2.45) is 0 Å². The number of benzene rings is 2. The summed E-state index contributed by atoms with van der Waals surface area (Å²) in [4.78, 5) is 45.7. The molecule has 0 unspecified atom stereocenters. The largest absolute Gasteiger partial charge is 0.513 e. The highest BCUT2D eigenvalue weighted by Crippen LogP contribution is 2.18. The van der Waals surface area contributed by atoms with E-state index in [4.69, 9.17) is 9.47 Å². The van der Waals surface area contributed by atoms with Gasteiger partial charge in [0.05, 0.1) is 24.0 Å². The monoisotopic (exact) mass is 436 g/mol. The van der Waals surface area contributed by atoms with Gasteiger partial charge in [-0.15, -0.1) is 0 Å². The molecule has 3 aromatic rings. The number of rotatable bonds is 5. The van der Waals surface area contributed by atoms with E-state index in [1.165, 1.54) is 0 Å². The number of imidazole rings is 1. The Hall–Kier alpha value is -3.88. The molecular formula is C23H24N4O5. The summed E-state index contributed by atoms with van der Waals surface area (Å²) in [5.74, 6) is 0.0837. The average Bonchev–Trinajstić information content (AvgIpc) is 3.28. The van der Waals surface area contributed by atoms with E-state index in [0.717, 1.165) is 11.0 Å². The van der Waals surface area contributed by atoms with Crippen molar-refractivity contribution in [3.63, 3.8) is 0 Å². The van der Waals surface area contributed by atoms with E-state index in [0.29, 0.717) is 42.8 Å². The van der Waals surface area contributed by atoms with Gasteiger partial charge in [0.25, 0.3) is 11.8 Å². The minimum Gasteiger partial charge on any atom is -0.434 e. The second-order valence-electron chi connectivity index (χ2n) is 7.48. The lowest BCUT2D eigenvalue weighted by molar-refractivity contribution is 0.0698. The molecule has 1 fully saturated rings. The van der Waals surface area contributed by atoms with Gasteiger partial charge in [0, 0.05) is 30.3 Å². The molecule has 1 aromatic heterocycles. The van der Waals surface area contributed by atoms with Gasteiger partial charge in [-0.1, -0.05) is 0 Å². The number of aromatic amines is 1. The lowest BCUT2D eigenvalue weighted by atomic mass is 10.0. The highest BCUT2D eigenvalue weighted by Gasteiger charge is 2.25. The van der Waals surface area contributed by atoms with Crippen molar-refractivity contribution in [2.45, 2.75) is 25.8 Å². The molecular weight excluding hydrogens is 412 g/mol. The molecule has 4 rings (SSSR count). The standard InChI is InChI=1S/C23H24N4O5/c1-2-31-23(30)32-18-6-3-15(4-7-18)22(29)27-11-9-17(10-12-27)26-21(28)16-5-8-19-20(13-16)25-14-24-19/h3-8,13-14,17H,2,9-12H2,1H3,(H,24,25)(H,26,28). The smallest absolute Gasteiger partial charge is 0.434 e. The van der Waals surface area contributed by atoms with Crippen LogP contribution in [-0.4, -0.2) is 58.6 Å². The van der Waals surface area contributed by atoms with Crippen LogP contribution in [0.3, 0.4) is 0 Å². The third-order valence-electron chi connectivity index (χ3n) is 5.36. The third-order valence-corrected chi connectivity index (χ3v) is 5.36. The van der Waals surface area contributed by atoms with Crippen LogP contribution in [0.1, 0.15) is 40.5 Å². The molecule has 0 aliphatic carbocycles. The van der Waals surface area contributed by atoms with Crippen LogP contribution in [0, 0.1) is 0 Å². The van der Waals surface area contributed by atoms with Crippen molar-refractivity contribution in [3.8, 4) is 5.75 Å². The first-order valence-corrected chi connectivity index (χ1v) is 10.5. The van der Waals surface area contributed by atoms with Crippen molar-refractivity contribution in [1.29, 1.82) is 0 Å². The summed E-state index contributed by atoms with van der Waals surface area (Å²) in [5, 5.41) is 3.06. The first-order chi connectivity index (χ1) is 15.5. The number of amides is 2. The Labute approximate surface area is 184 Å². The van der Waals surface area contributed by atoms with E-state index < -0.39 is 6.16 Å². The van der Waals surface area contributed by atoms with Gasteiger partial charge in [-0.25, -0.2) is 9.78 Å². The van der Waals surface area contributed by atoms with Crippen molar-refractivity contribution in [1.82, 2.24) is 20.2 Å². The minimum atomic E-state index is -0.778. The normalized spacial score (nSPS) is 14.2. The Morgan fingerprint density at radius 3 is 2.53 bits per heavy atom. The molecule has 2 heterocycles. The number of aromatic nitrogens is 2. The predicted molar refractivity (Wildman–Crippen MR) is 117 cm³/mol. The molecule has 2 amide bonds. The Bertz CT molecular complexity index is 1120. The molecule has 0 radical (unpaired) electrons. The van der Waals surface area contributed by atoms with Gasteiger partial charge in [0.2, 0.25) is 0 Å². The fourth-order valence-corrected chi connectivity index (χ4v) is 3.66. The first kappa shape index (κ1) is 21.4. The molecule has 9 heteroatoms. The molecule has 32 heavy (non-hydrogen) atoms. The summed E-state index contributed by atoms with van der Waals surface area (Å²) in [7, 11) is 0. The number of carbonyl (C=O) groups excluding carboxylic acids is 3. The number of fused-ring (bicyclic) bond motifs is 1. The van der Waals surface area contributed by atoms with Crippen LogP contribution in [0.25, 0.3) is 11.0 Å². The number of nitrogens with zero attached hydrogens (tertiary/aromatic N) is 2. The number of nitrogens with one attached hydrogen (secondary N) is 2. The highest BCUT2D eigenvalue weighted by molar-refractivity contribution is 5.97. The Morgan fingerprint density at radius 1 is 1.09 bits per heavy atom.